The lowest BCUT2D eigenvalue weighted by Gasteiger charge is -2.27. The van der Waals surface area contributed by atoms with Crippen LogP contribution in [-0.4, -0.2) is 61.4 Å². The third-order valence-corrected chi connectivity index (χ3v) is 7.25. The van der Waals surface area contributed by atoms with E-state index in [0.29, 0.717) is 44.7 Å². The van der Waals surface area contributed by atoms with Crippen LogP contribution in [0.25, 0.3) is 0 Å². The van der Waals surface area contributed by atoms with E-state index in [9.17, 15) is 9.90 Å². The molecule has 0 bridgehead atoms. The van der Waals surface area contributed by atoms with Crippen LogP contribution >= 0.6 is 0 Å². The van der Waals surface area contributed by atoms with Gasteiger partial charge < -0.3 is 20.1 Å². The smallest absolute Gasteiger partial charge is 0.236 e. The molecule has 1 aromatic rings. The Morgan fingerprint density at radius 2 is 2.12 bits per heavy atom. The minimum Gasteiger partial charge on any atom is -0.392 e. The van der Waals surface area contributed by atoms with E-state index in [1.54, 1.807) is 0 Å². The van der Waals surface area contributed by atoms with Crippen LogP contribution in [0.3, 0.4) is 0 Å². The van der Waals surface area contributed by atoms with E-state index in [2.05, 4.69) is 54.7 Å². The fourth-order valence-corrected chi connectivity index (χ4v) is 5.53. The number of nitrogens with one attached hydrogen (secondary N) is 1. The topological polar surface area (TPSA) is 61.8 Å². The molecule has 174 valence electrons. The number of allylic oxidation sites excluding steroid dienone is 2. The molecule has 1 saturated heterocycles. The summed E-state index contributed by atoms with van der Waals surface area (Å²) in [6.07, 6.45) is 11.7. The van der Waals surface area contributed by atoms with Crippen molar-refractivity contribution >= 4 is 5.91 Å². The molecule has 0 aromatic heterocycles. The molecule has 3 aliphatic rings. The highest BCUT2D eigenvalue weighted by molar-refractivity contribution is 5.78. The van der Waals surface area contributed by atoms with Crippen molar-refractivity contribution in [3.05, 3.63) is 59.2 Å². The average Bonchev–Trinajstić information content (AvgIpc) is 3.31. The molecular formula is C27H38N2O3. The second-order valence-electron chi connectivity index (χ2n) is 9.61. The molecule has 1 heterocycles. The molecule has 0 radical (unpaired) electrons. The summed E-state index contributed by atoms with van der Waals surface area (Å²) in [6.45, 7) is 6.08. The van der Waals surface area contributed by atoms with Crippen molar-refractivity contribution in [1.29, 1.82) is 0 Å². The Morgan fingerprint density at radius 3 is 2.94 bits per heavy atom. The number of morpholine rings is 1. The van der Waals surface area contributed by atoms with Crippen LogP contribution < -0.4 is 5.32 Å². The summed E-state index contributed by atoms with van der Waals surface area (Å²) in [5, 5.41) is 13.9. The number of nitrogens with zero attached hydrogens (tertiary/aromatic N) is 1. The Labute approximate surface area is 192 Å². The molecule has 5 nitrogen and oxygen atoms in total. The number of fused-ring (bicyclic) bond motifs is 1. The molecule has 0 unspecified atom stereocenters. The number of hydrogen-bond donors (Lipinski definition) is 2. The number of ether oxygens (including phenoxy) is 1. The van der Waals surface area contributed by atoms with Crippen molar-refractivity contribution in [3.8, 4) is 0 Å². The van der Waals surface area contributed by atoms with Gasteiger partial charge in [-0.05, 0) is 63.0 Å². The summed E-state index contributed by atoms with van der Waals surface area (Å²) < 4.78 is 5.31. The molecule has 4 rings (SSSR count). The quantitative estimate of drug-likeness (QED) is 0.459. The number of aryl methyl sites for hydroxylation is 2. The van der Waals surface area contributed by atoms with Crippen molar-refractivity contribution in [2.75, 3.05) is 39.4 Å². The van der Waals surface area contributed by atoms with Crippen LogP contribution in [0.4, 0.5) is 0 Å². The largest absolute Gasteiger partial charge is 0.392 e. The molecule has 2 aliphatic carbocycles. The van der Waals surface area contributed by atoms with E-state index < -0.39 is 0 Å². The van der Waals surface area contributed by atoms with Gasteiger partial charge in [0.05, 0.1) is 25.9 Å². The number of carbonyl (C=O) groups is 1. The SMILES string of the molecule is Cc1cccc(CC/C=C/[C@@H]2[C@H]3CC(CCNCC(=O)N4CCOCC4)=C[C@H]3C[C@H]2O)c1. The van der Waals surface area contributed by atoms with Gasteiger partial charge >= 0.3 is 0 Å². The molecule has 5 heteroatoms. The molecule has 1 saturated carbocycles. The van der Waals surface area contributed by atoms with Crippen LogP contribution in [0.1, 0.15) is 36.8 Å². The summed E-state index contributed by atoms with van der Waals surface area (Å²) in [7, 11) is 0. The molecule has 1 amide bonds. The molecule has 32 heavy (non-hydrogen) atoms. The maximum absolute atomic E-state index is 12.2. The molecule has 4 atom stereocenters. The van der Waals surface area contributed by atoms with Crippen LogP contribution in [0.5, 0.6) is 0 Å². The Kier molecular flexibility index (Phi) is 8.17. The zero-order chi connectivity index (χ0) is 22.3. The van der Waals surface area contributed by atoms with Gasteiger partial charge in [0, 0.05) is 19.0 Å². The molecular weight excluding hydrogens is 400 g/mol. The molecule has 2 N–H and O–H groups in total. The predicted octanol–water partition coefficient (Wildman–Crippen LogP) is 3.27. The zero-order valence-electron chi connectivity index (χ0n) is 19.3. The predicted molar refractivity (Wildman–Crippen MR) is 127 cm³/mol. The fraction of sp³-hybridized carbons (Fsp3) is 0.593. The van der Waals surface area contributed by atoms with Crippen LogP contribution in [0.2, 0.25) is 0 Å². The second kappa shape index (κ2) is 11.3. The van der Waals surface area contributed by atoms with Crippen molar-refractivity contribution in [2.24, 2.45) is 17.8 Å². The third-order valence-electron chi connectivity index (χ3n) is 7.25. The standard InChI is InChI=1S/C27H38N2O3/c1-20-5-4-7-21(15-20)6-2-3-8-24-25-17-22(16-23(25)18-26(24)30)9-10-28-19-27(31)29-11-13-32-14-12-29/h3-5,7-8,15-16,23-26,28,30H,2,6,9-14,17-19H2,1H3/b8-3+/t23-,24+,25-,26+/m0/s1. The van der Waals surface area contributed by atoms with Crippen molar-refractivity contribution in [2.45, 2.75) is 45.1 Å². The van der Waals surface area contributed by atoms with Gasteiger partial charge in [0.15, 0.2) is 0 Å². The number of benzene rings is 1. The van der Waals surface area contributed by atoms with Gasteiger partial charge in [0.2, 0.25) is 5.91 Å². The van der Waals surface area contributed by atoms with Gasteiger partial charge in [0.25, 0.3) is 0 Å². The summed E-state index contributed by atoms with van der Waals surface area (Å²) >= 11 is 0. The van der Waals surface area contributed by atoms with Crippen LogP contribution in [0.15, 0.2) is 48.1 Å². The van der Waals surface area contributed by atoms with Gasteiger partial charge in [-0.1, -0.05) is 53.6 Å². The lowest BCUT2D eigenvalue weighted by Crippen LogP contribution is -2.44. The normalized spacial score (nSPS) is 27.7. The Bertz CT molecular complexity index is 828. The van der Waals surface area contributed by atoms with E-state index in [1.165, 1.54) is 16.7 Å². The van der Waals surface area contributed by atoms with E-state index in [-0.39, 0.29) is 17.9 Å². The maximum Gasteiger partial charge on any atom is 0.236 e. The monoisotopic (exact) mass is 438 g/mol. The summed E-state index contributed by atoms with van der Waals surface area (Å²) in [5.41, 5.74) is 4.17. The minimum atomic E-state index is -0.220. The summed E-state index contributed by atoms with van der Waals surface area (Å²) in [6, 6.07) is 8.70. The maximum atomic E-state index is 12.2. The number of aliphatic hydroxyl groups is 1. The van der Waals surface area contributed by atoms with E-state index >= 15 is 0 Å². The van der Waals surface area contributed by atoms with Crippen molar-refractivity contribution in [3.63, 3.8) is 0 Å². The molecule has 1 aromatic carbocycles. The van der Waals surface area contributed by atoms with Gasteiger partial charge in [-0.3, -0.25) is 4.79 Å². The average molecular weight is 439 g/mol. The number of rotatable bonds is 9. The zero-order valence-corrected chi connectivity index (χ0v) is 19.3. The lowest BCUT2D eigenvalue weighted by atomic mass is 9.89. The summed E-state index contributed by atoms with van der Waals surface area (Å²) in [4.78, 5) is 14.1. The third kappa shape index (κ3) is 6.09. The highest BCUT2D eigenvalue weighted by Gasteiger charge is 2.43. The van der Waals surface area contributed by atoms with Crippen LogP contribution in [0, 0.1) is 24.7 Å². The van der Waals surface area contributed by atoms with Gasteiger partial charge in [0.1, 0.15) is 0 Å². The fourth-order valence-electron chi connectivity index (χ4n) is 5.53. The minimum absolute atomic E-state index is 0.171. The summed E-state index contributed by atoms with van der Waals surface area (Å²) in [5.74, 6) is 1.47. The van der Waals surface area contributed by atoms with Crippen molar-refractivity contribution < 1.29 is 14.6 Å². The van der Waals surface area contributed by atoms with Crippen LogP contribution in [-0.2, 0) is 16.0 Å². The van der Waals surface area contributed by atoms with E-state index in [0.717, 1.165) is 38.6 Å². The van der Waals surface area contributed by atoms with Gasteiger partial charge in [-0.15, -0.1) is 0 Å². The van der Waals surface area contributed by atoms with Crippen molar-refractivity contribution in [1.82, 2.24) is 10.2 Å². The molecule has 0 spiro atoms. The Morgan fingerprint density at radius 1 is 1.28 bits per heavy atom. The second-order valence-corrected chi connectivity index (χ2v) is 9.61. The number of aliphatic hydroxyl groups excluding tert-OH is 1. The lowest BCUT2D eigenvalue weighted by molar-refractivity contribution is -0.134. The highest BCUT2D eigenvalue weighted by atomic mass is 16.5. The first-order valence-corrected chi connectivity index (χ1v) is 12.3. The first-order valence-electron chi connectivity index (χ1n) is 12.3. The number of carbonyl (C=O) groups excluding carboxylic acids is 1. The highest BCUT2D eigenvalue weighted by Crippen LogP contribution is 2.47. The number of hydrogen-bond acceptors (Lipinski definition) is 4. The Balaban J connectivity index is 1.17. The Hall–Kier alpha value is -1.95. The van der Waals surface area contributed by atoms with E-state index in [1.807, 2.05) is 4.90 Å². The first kappa shape index (κ1) is 23.2. The van der Waals surface area contributed by atoms with E-state index in [4.69, 9.17) is 4.74 Å². The van der Waals surface area contributed by atoms with Gasteiger partial charge in [-0.25, -0.2) is 0 Å². The molecule has 1 aliphatic heterocycles. The molecule has 2 fully saturated rings. The number of amides is 1. The van der Waals surface area contributed by atoms with Gasteiger partial charge in [-0.2, -0.15) is 0 Å². The first-order chi connectivity index (χ1) is 15.6.